The first-order chi connectivity index (χ1) is 13.7. The van der Waals surface area contributed by atoms with Gasteiger partial charge < -0.3 is 21.1 Å². The van der Waals surface area contributed by atoms with Crippen molar-refractivity contribution >= 4 is 34.5 Å². The lowest BCUT2D eigenvalue weighted by atomic mass is 9.93. The van der Waals surface area contributed by atoms with Gasteiger partial charge in [0.05, 0.1) is 12.1 Å². The van der Waals surface area contributed by atoms with Crippen LogP contribution in [0.5, 0.6) is 0 Å². The van der Waals surface area contributed by atoms with Gasteiger partial charge in [-0.05, 0) is 50.3 Å². The summed E-state index contributed by atoms with van der Waals surface area (Å²) in [5.41, 5.74) is 7.35. The Kier molecular flexibility index (Phi) is 4.34. The summed E-state index contributed by atoms with van der Waals surface area (Å²) in [6.07, 6.45) is 3.43. The Balaban J connectivity index is 1.72. The number of halogens is 1. The van der Waals surface area contributed by atoms with Gasteiger partial charge in [-0.15, -0.1) is 0 Å². The van der Waals surface area contributed by atoms with Gasteiger partial charge in [0.2, 0.25) is 5.91 Å². The quantitative estimate of drug-likeness (QED) is 0.692. The highest BCUT2D eigenvalue weighted by Crippen LogP contribution is 2.44. The number of fused-ring (bicyclic) bond motifs is 1. The summed E-state index contributed by atoms with van der Waals surface area (Å²) >= 11 is 0. The molecule has 3 heterocycles. The van der Waals surface area contributed by atoms with Crippen molar-refractivity contribution in [2.24, 2.45) is 5.73 Å². The molecular formula is C21H19FN4O3. The number of anilines is 2. The number of primary amides is 1. The number of amides is 2. The molecule has 29 heavy (non-hydrogen) atoms. The highest BCUT2D eigenvalue weighted by molar-refractivity contribution is 6.32. The number of carbonyl (C=O) groups excluding carboxylic acids is 2. The van der Waals surface area contributed by atoms with E-state index in [1.165, 1.54) is 18.2 Å². The third kappa shape index (κ3) is 3.44. The van der Waals surface area contributed by atoms with Crippen LogP contribution in [-0.2, 0) is 14.3 Å². The van der Waals surface area contributed by atoms with Crippen molar-refractivity contribution in [2.45, 2.75) is 19.4 Å². The van der Waals surface area contributed by atoms with Crippen LogP contribution in [0, 0.1) is 5.82 Å². The zero-order chi connectivity index (χ0) is 20.8. The largest absolute Gasteiger partial charge is 0.482 e. The van der Waals surface area contributed by atoms with Gasteiger partial charge >= 0.3 is 0 Å². The third-order valence-electron chi connectivity index (χ3n) is 4.78. The van der Waals surface area contributed by atoms with Gasteiger partial charge in [0.15, 0.2) is 0 Å². The Morgan fingerprint density at radius 3 is 2.79 bits per heavy atom. The van der Waals surface area contributed by atoms with Crippen LogP contribution in [0.25, 0.3) is 11.1 Å². The Hall–Kier alpha value is -3.68. The maximum absolute atomic E-state index is 13.7. The Labute approximate surface area is 166 Å². The van der Waals surface area contributed by atoms with Crippen molar-refractivity contribution in [3.63, 3.8) is 0 Å². The summed E-state index contributed by atoms with van der Waals surface area (Å²) in [5.74, 6) is -0.348. The van der Waals surface area contributed by atoms with Crippen molar-refractivity contribution in [2.75, 3.05) is 17.2 Å². The fourth-order valence-corrected chi connectivity index (χ4v) is 3.44. The lowest BCUT2D eigenvalue weighted by Crippen LogP contribution is -2.22. The molecular weight excluding hydrogens is 375 g/mol. The molecule has 0 saturated carbocycles. The van der Waals surface area contributed by atoms with E-state index in [1.807, 2.05) is 19.9 Å². The minimum atomic E-state index is -0.720. The standard InChI is InChI=1S/C21H19FN4O3/c1-21(2)14(11-3-6-18(24-9-11)25-10-17(23)27)8-16(29-21)19-13-7-12(22)4-5-15(13)26-20(19)28/h3-9H,10H2,1-2H3,(H2,23,27)(H,24,25)(H,26,28)/b19-16+. The van der Waals surface area contributed by atoms with Crippen LogP contribution in [0.2, 0.25) is 0 Å². The van der Waals surface area contributed by atoms with Crippen molar-refractivity contribution in [3.8, 4) is 0 Å². The average Bonchev–Trinajstić information content (AvgIpc) is 3.15. The number of pyridine rings is 1. The second kappa shape index (κ2) is 6.73. The normalized spacial score (nSPS) is 19.3. The van der Waals surface area contributed by atoms with Crippen LogP contribution in [0.1, 0.15) is 25.0 Å². The topological polar surface area (TPSA) is 106 Å². The molecule has 0 spiro atoms. The van der Waals surface area contributed by atoms with Crippen LogP contribution in [0.15, 0.2) is 48.4 Å². The van der Waals surface area contributed by atoms with Crippen LogP contribution >= 0.6 is 0 Å². The molecule has 2 aromatic rings. The number of ether oxygens (including phenoxy) is 1. The molecule has 0 bridgehead atoms. The van der Waals surface area contributed by atoms with Gasteiger partial charge in [-0.1, -0.05) is 0 Å². The van der Waals surface area contributed by atoms with E-state index < -0.39 is 17.3 Å². The molecule has 0 aliphatic carbocycles. The van der Waals surface area contributed by atoms with Gasteiger partial charge in [0, 0.05) is 28.6 Å². The lowest BCUT2D eigenvalue weighted by molar-refractivity contribution is -0.116. The summed E-state index contributed by atoms with van der Waals surface area (Å²) in [7, 11) is 0. The summed E-state index contributed by atoms with van der Waals surface area (Å²) in [6, 6.07) is 7.71. The van der Waals surface area contributed by atoms with Crippen LogP contribution in [0.4, 0.5) is 15.9 Å². The number of benzene rings is 1. The van der Waals surface area contributed by atoms with E-state index in [0.29, 0.717) is 28.4 Å². The molecule has 4 rings (SSSR count). The van der Waals surface area contributed by atoms with Crippen LogP contribution < -0.4 is 16.4 Å². The molecule has 0 radical (unpaired) electrons. The lowest BCUT2D eigenvalue weighted by Gasteiger charge is -2.23. The summed E-state index contributed by atoms with van der Waals surface area (Å²) in [5, 5.41) is 5.56. The number of rotatable bonds is 4. The Morgan fingerprint density at radius 1 is 1.31 bits per heavy atom. The molecule has 0 atom stereocenters. The Bertz CT molecular complexity index is 1090. The number of allylic oxidation sites excluding steroid dienone is 1. The first-order valence-corrected chi connectivity index (χ1v) is 9.00. The Morgan fingerprint density at radius 2 is 2.10 bits per heavy atom. The van der Waals surface area contributed by atoms with Crippen LogP contribution in [-0.4, -0.2) is 28.9 Å². The van der Waals surface area contributed by atoms with Gasteiger partial charge in [-0.2, -0.15) is 0 Å². The number of nitrogens with two attached hydrogens (primary N) is 1. The maximum atomic E-state index is 13.7. The minimum absolute atomic E-state index is 0.00896. The van der Waals surface area contributed by atoms with Gasteiger partial charge in [0.1, 0.15) is 23.0 Å². The number of nitrogens with one attached hydrogen (secondary N) is 2. The van der Waals surface area contributed by atoms with E-state index in [-0.39, 0.29) is 12.5 Å². The summed E-state index contributed by atoms with van der Waals surface area (Å²) < 4.78 is 19.8. The molecule has 7 nitrogen and oxygen atoms in total. The molecule has 0 unspecified atom stereocenters. The van der Waals surface area contributed by atoms with Crippen molar-refractivity contribution in [1.29, 1.82) is 0 Å². The maximum Gasteiger partial charge on any atom is 0.260 e. The number of hydrogen-bond donors (Lipinski definition) is 3. The van der Waals surface area contributed by atoms with Crippen molar-refractivity contribution in [3.05, 3.63) is 65.3 Å². The van der Waals surface area contributed by atoms with E-state index in [1.54, 1.807) is 18.3 Å². The second-order valence-electron chi connectivity index (χ2n) is 7.31. The molecule has 2 amide bonds. The zero-order valence-corrected chi connectivity index (χ0v) is 15.9. The van der Waals surface area contributed by atoms with Gasteiger partial charge in [-0.25, -0.2) is 9.37 Å². The zero-order valence-electron chi connectivity index (χ0n) is 15.9. The van der Waals surface area contributed by atoms with E-state index in [9.17, 15) is 14.0 Å². The summed E-state index contributed by atoms with van der Waals surface area (Å²) in [4.78, 5) is 27.7. The van der Waals surface area contributed by atoms with Gasteiger partial charge in [0.25, 0.3) is 5.91 Å². The molecule has 4 N–H and O–H groups in total. The monoisotopic (exact) mass is 394 g/mol. The molecule has 2 aliphatic rings. The van der Waals surface area contributed by atoms with Gasteiger partial charge in [-0.3, -0.25) is 9.59 Å². The minimum Gasteiger partial charge on any atom is -0.482 e. The molecule has 8 heteroatoms. The summed E-state index contributed by atoms with van der Waals surface area (Å²) in [6.45, 7) is 3.75. The number of hydrogen-bond acceptors (Lipinski definition) is 5. The predicted molar refractivity (Wildman–Crippen MR) is 107 cm³/mol. The van der Waals surface area contributed by atoms with E-state index >= 15 is 0 Å². The van der Waals surface area contributed by atoms with E-state index in [4.69, 9.17) is 10.5 Å². The SMILES string of the molecule is CC1(C)O/C(=C2/C(=O)Nc3ccc(F)cc32)C=C1c1ccc(NCC(N)=O)nc1. The smallest absolute Gasteiger partial charge is 0.260 e. The molecule has 1 aromatic carbocycles. The molecule has 0 fully saturated rings. The van der Waals surface area contributed by atoms with E-state index in [2.05, 4.69) is 15.6 Å². The first-order valence-electron chi connectivity index (χ1n) is 9.00. The van der Waals surface area contributed by atoms with E-state index in [0.717, 1.165) is 11.1 Å². The second-order valence-corrected chi connectivity index (χ2v) is 7.31. The molecule has 0 saturated heterocycles. The fraction of sp³-hybridized carbons (Fsp3) is 0.190. The highest BCUT2D eigenvalue weighted by Gasteiger charge is 2.38. The number of aromatic nitrogens is 1. The van der Waals surface area contributed by atoms with Crippen molar-refractivity contribution < 1.29 is 18.7 Å². The van der Waals surface area contributed by atoms with Crippen LogP contribution in [0.3, 0.4) is 0 Å². The molecule has 148 valence electrons. The average molecular weight is 394 g/mol. The molecule has 2 aliphatic heterocycles. The molecule has 1 aromatic heterocycles. The first kappa shape index (κ1) is 18.7. The third-order valence-corrected chi connectivity index (χ3v) is 4.78. The number of carbonyl (C=O) groups is 2. The highest BCUT2D eigenvalue weighted by atomic mass is 19.1. The fourth-order valence-electron chi connectivity index (χ4n) is 3.44. The predicted octanol–water partition coefficient (Wildman–Crippen LogP) is 2.67. The van der Waals surface area contributed by atoms with Crippen molar-refractivity contribution in [1.82, 2.24) is 4.98 Å². The number of nitrogens with zero attached hydrogens (tertiary/aromatic N) is 1.